The lowest BCUT2D eigenvalue weighted by molar-refractivity contribution is -0.116. The maximum atomic E-state index is 11.7. The van der Waals surface area contributed by atoms with Crippen molar-refractivity contribution >= 4 is 33.5 Å². The number of nitrogens with one attached hydrogen (secondary N) is 1. The van der Waals surface area contributed by atoms with Gasteiger partial charge in [0.1, 0.15) is 0 Å². The van der Waals surface area contributed by atoms with Gasteiger partial charge in [-0.2, -0.15) is 0 Å². The second-order valence-electron chi connectivity index (χ2n) is 4.61. The smallest absolute Gasteiger partial charge is 0.338 e. The number of halogens is 1. The zero-order chi connectivity index (χ0) is 13.8. The van der Waals surface area contributed by atoms with E-state index in [1.54, 1.807) is 25.1 Å². The Morgan fingerprint density at radius 1 is 1.42 bits per heavy atom. The first-order valence-corrected chi connectivity index (χ1v) is 7.16. The number of anilines is 1. The van der Waals surface area contributed by atoms with Crippen molar-refractivity contribution in [3.8, 4) is 0 Å². The van der Waals surface area contributed by atoms with Crippen LogP contribution in [0, 0.1) is 5.92 Å². The third kappa shape index (κ3) is 4.06. The third-order valence-electron chi connectivity index (χ3n) is 2.93. The van der Waals surface area contributed by atoms with Gasteiger partial charge >= 0.3 is 5.97 Å². The number of hydrogen-bond donors (Lipinski definition) is 1. The van der Waals surface area contributed by atoms with Crippen LogP contribution in [-0.4, -0.2) is 18.5 Å². The van der Waals surface area contributed by atoms with Gasteiger partial charge in [0.2, 0.25) is 5.91 Å². The Balaban J connectivity index is 2.01. The van der Waals surface area contributed by atoms with Crippen LogP contribution < -0.4 is 5.32 Å². The summed E-state index contributed by atoms with van der Waals surface area (Å²) in [5, 5.41) is 2.84. The highest BCUT2D eigenvalue weighted by atomic mass is 79.9. The first-order chi connectivity index (χ1) is 9.10. The van der Waals surface area contributed by atoms with Gasteiger partial charge in [0, 0.05) is 10.9 Å². The van der Waals surface area contributed by atoms with E-state index in [2.05, 4.69) is 21.2 Å². The van der Waals surface area contributed by atoms with Crippen molar-refractivity contribution < 1.29 is 14.3 Å². The number of rotatable bonds is 5. The lowest BCUT2D eigenvalue weighted by atomic mass is 10.2. The fraction of sp³-hybridized carbons (Fsp3) is 0.429. The SMILES string of the molecule is CCOC(=O)c1ccc(NC(=O)CC2CC2)c(Br)c1. The van der Waals surface area contributed by atoms with Crippen molar-refractivity contribution in [2.75, 3.05) is 11.9 Å². The lowest BCUT2D eigenvalue weighted by Crippen LogP contribution is -2.13. The highest BCUT2D eigenvalue weighted by Crippen LogP contribution is 2.33. The minimum atomic E-state index is -0.362. The second kappa shape index (κ2) is 6.19. The first kappa shape index (κ1) is 14.1. The monoisotopic (exact) mass is 325 g/mol. The third-order valence-corrected chi connectivity index (χ3v) is 3.58. The molecule has 0 radical (unpaired) electrons. The molecule has 0 atom stereocenters. The van der Waals surface area contributed by atoms with E-state index in [1.807, 2.05) is 0 Å². The molecule has 0 unspecified atom stereocenters. The van der Waals surface area contributed by atoms with Crippen molar-refractivity contribution in [3.63, 3.8) is 0 Å². The Labute approximate surface area is 120 Å². The van der Waals surface area contributed by atoms with Crippen LogP contribution in [0.4, 0.5) is 5.69 Å². The van der Waals surface area contributed by atoms with Gasteiger partial charge in [-0.3, -0.25) is 4.79 Å². The maximum Gasteiger partial charge on any atom is 0.338 e. The number of benzene rings is 1. The molecule has 0 bridgehead atoms. The summed E-state index contributed by atoms with van der Waals surface area (Å²) < 4.78 is 5.60. The van der Waals surface area contributed by atoms with E-state index in [1.165, 1.54) is 0 Å². The molecule has 1 amide bonds. The van der Waals surface area contributed by atoms with E-state index >= 15 is 0 Å². The topological polar surface area (TPSA) is 55.4 Å². The fourth-order valence-electron chi connectivity index (χ4n) is 1.74. The molecule has 0 heterocycles. The van der Waals surface area contributed by atoms with Crippen LogP contribution in [0.15, 0.2) is 22.7 Å². The average Bonchev–Trinajstić information content (AvgIpc) is 3.16. The predicted molar refractivity (Wildman–Crippen MR) is 76.1 cm³/mol. The minimum absolute atomic E-state index is 0.0204. The van der Waals surface area contributed by atoms with Crippen LogP contribution in [-0.2, 0) is 9.53 Å². The van der Waals surface area contributed by atoms with Crippen molar-refractivity contribution in [2.45, 2.75) is 26.2 Å². The molecule has 1 aromatic rings. The predicted octanol–water partition coefficient (Wildman–Crippen LogP) is 3.36. The number of amides is 1. The second-order valence-corrected chi connectivity index (χ2v) is 5.47. The summed E-state index contributed by atoms with van der Waals surface area (Å²) in [6.07, 6.45) is 2.87. The van der Waals surface area contributed by atoms with E-state index in [-0.39, 0.29) is 11.9 Å². The van der Waals surface area contributed by atoms with Crippen molar-refractivity contribution in [2.24, 2.45) is 5.92 Å². The molecule has 0 aromatic heterocycles. The fourth-order valence-corrected chi connectivity index (χ4v) is 2.22. The quantitative estimate of drug-likeness (QED) is 0.844. The van der Waals surface area contributed by atoms with Gasteiger partial charge in [-0.25, -0.2) is 4.79 Å². The molecule has 2 rings (SSSR count). The molecule has 19 heavy (non-hydrogen) atoms. The summed E-state index contributed by atoms with van der Waals surface area (Å²) in [4.78, 5) is 23.3. The van der Waals surface area contributed by atoms with Crippen LogP contribution in [0.1, 0.15) is 36.5 Å². The summed E-state index contributed by atoms with van der Waals surface area (Å²) in [6, 6.07) is 5.02. The molecule has 4 nitrogen and oxygen atoms in total. The average molecular weight is 326 g/mol. The molecule has 0 aliphatic heterocycles. The van der Waals surface area contributed by atoms with Gasteiger partial charge < -0.3 is 10.1 Å². The van der Waals surface area contributed by atoms with E-state index in [0.717, 1.165) is 12.8 Å². The molecule has 0 saturated heterocycles. The van der Waals surface area contributed by atoms with Gasteiger partial charge in [-0.1, -0.05) is 0 Å². The molecule has 5 heteroatoms. The molecule has 1 N–H and O–H groups in total. The molecule has 1 aliphatic rings. The molecule has 1 saturated carbocycles. The van der Waals surface area contributed by atoms with Crippen molar-refractivity contribution in [1.29, 1.82) is 0 Å². The van der Waals surface area contributed by atoms with E-state index in [4.69, 9.17) is 4.74 Å². The summed E-state index contributed by atoms with van der Waals surface area (Å²) in [6.45, 7) is 2.11. The highest BCUT2D eigenvalue weighted by Gasteiger charge is 2.24. The molecular formula is C14H16BrNO3. The van der Waals surface area contributed by atoms with Crippen LogP contribution in [0.25, 0.3) is 0 Å². The zero-order valence-electron chi connectivity index (χ0n) is 10.7. The number of hydrogen-bond acceptors (Lipinski definition) is 3. The van der Waals surface area contributed by atoms with Crippen LogP contribution in [0.3, 0.4) is 0 Å². The standard InChI is InChI=1S/C14H16BrNO3/c1-2-19-14(18)10-5-6-12(11(15)8-10)16-13(17)7-9-3-4-9/h5-6,8-9H,2-4,7H2,1H3,(H,16,17). The summed E-state index contributed by atoms with van der Waals surface area (Å²) in [7, 11) is 0. The van der Waals surface area contributed by atoms with E-state index in [0.29, 0.717) is 34.7 Å². The summed E-state index contributed by atoms with van der Waals surface area (Å²) >= 11 is 3.35. The largest absolute Gasteiger partial charge is 0.462 e. The number of esters is 1. The maximum absolute atomic E-state index is 11.7. The highest BCUT2D eigenvalue weighted by molar-refractivity contribution is 9.10. The van der Waals surface area contributed by atoms with Crippen LogP contribution >= 0.6 is 15.9 Å². The van der Waals surface area contributed by atoms with Gasteiger partial charge in [0.15, 0.2) is 0 Å². The first-order valence-electron chi connectivity index (χ1n) is 6.36. The Kier molecular flexibility index (Phi) is 4.58. The molecule has 0 spiro atoms. The molecule has 1 aromatic carbocycles. The van der Waals surface area contributed by atoms with Crippen LogP contribution in [0.5, 0.6) is 0 Å². The molecule has 102 valence electrons. The number of carbonyl (C=O) groups is 2. The van der Waals surface area contributed by atoms with Gasteiger partial charge in [-0.05, 0) is 59.8 Å². The molecule has 1 fully saturated rings. The molecular weight excluding hydrogens is 310 g/mol. The zero-order valence-corrected chi connectivity index (χ0v) is 12.3. The van der Waals surface area contributed by atoms with E-state index in [9.17, 15) is 9.59 Å². The Bertz CT molecular complexity index is 497. The Hall–Kier alpha value is -1.36. The molecule has 1 aliphatic carbocycles. The van der Waals surface area contributed by atoms with Crippen molar-refractivity contribution in [1.82, 2.24) is 0 Å². The summed E-state index contributed by atoms with van der Waals surface area (Å²) in [5.74, 6) is 0.212. The van der Waals surface area contributed by atoms with Crippen LogP contribution in [0.2, 0.25) is 0 Å². The summed E-state index contributed by atoms with van der Waals surface area (Å²) in [5.41, 5.74) is 1.15. The number of carbonyl (C=O) groups excluding carboxylic acids is 2. The van der Waals surface area contributed by atoms with Gasteiger partial charge in [-0.15, -0.1) is 0 Å². The Morgan fingerprint density at radius 2 is 2.16 bits per heavy atom. The normalized spacial score (nSPS) is 14.0. The van der Waals surface area contributed by atoms with Crippen molar-refractivity contribution in [3.05, 3.63) is 28.2 Å². The Morgan fingerprint density at radius 3 is 2.74 bits per heavy atom. The van der Waals surface area contributed by atoms with E-state index < -0.39 is 0 Å². The number of ether oxygens (including phenoxy) is 1. The lowest BCUT2D eigenvalue weighted by Gasteiger charge is -2.08. The van der Waals surface area contributed by atoms with Gasteiger partial charge in [0.05, 0.1) is 17.9 Å². The van der Waals surface area contributed by atoms with Gasteiger partial charge in [0.25, 0.3) is 0 Å². The minimum Gasteiger partial charge on any atom is -0.462 e.